The topological polar surface area (TPSA) is 120 Å². The molecular formula is C33H29N3O7S2. The molecular weight excluding hydrogens is 615 g/mol. The van der Waals surface area contributed by atoms with Crippen molar-refractivity contribution in [2.45, 2.75) is 23.1 Å². The monoisotopic (exact) mass is 643 g/mol. The number of amides is 1. The normalized spacial score (nSPS) is 16.9. The Kier molecular flexibility index (Phi) is 9.03. The van der Waals surface area contributed by atoms with Gasteiger partial charge in [0.05, 0.1) is 18.2 Å². The van der Waals surface area contributed by atoms with Crippen molar-refractivity contribution < 1.29 is 33.6 Å². The first-order chi connectivity index (χ1) is 22.0. The van der Waals surface area contributed by atoms with Gasteiger partial charge in [-0.3, -0.25) is 14.5 Å². The summed E-state index contributed by atoms with van der Waals surface area (Å²) in [7, 11) is 0. The first-order valence-corrected chi connectivity index (χ1v) is 16.0. The molecule has 1 aromatic heterocycles. The summed E-state index contributed by atoms with van der Waals surface area (Å²) in [5.74, 6) is 0.462. The Morgan fingerprint density at radius 3 is 2.62 bits per heavy atom. The molecule has 1 N–H and O–H groups in total. The second kappa shape index (κ2) is 13.4. The second-order valence-corrected chi connectivity index (χ2v) is 12.1. The highest BCUT2D eigenvalue weighted by Crippen LogP contribution is 2.46. The molecule has 6 rings (SSSR count). The molecule has 10 nitrogen and oxygen atoms in total. The van der Waals surface area contributed by atoms with Crippen molar-refractivity contribution in [1.82, 2.24) is 10.2 Å². The molecule has 1 fully saturated rings. The van der Waals surface area contributed by atoms with Crippen LogP contribution in [0.1, 0.15) is 29.7 Å². The smallest absolute Gasteiger partial charge is 0.301 e. The molecule has 1 amide bonds. The fourth-order valence-electron chi connectivity index (χ4n) is 5.00. The number of hydrogen-bond acceptors (Lipinski definition) is 11. The van der Waals surface area contributed by atoms with Crippen molar-refractivity contribution in [2.75, 3.05) is 31.3 Å². The summed E-state index contributed by atoms with van der Waals surface area (Å²) < 4.78 is 23.6. The number of ether oxygens (including phenoxy) is 4. The van der Waals surface area contributed by atoms with Crippen LogP contribution >= 0.6 is 23.1 Å². The number of benzene rings is 3. The Balaban J connectivity index is 1.43. The number of carbonyl (C=O) groups is 2. The maximum atomic E-state index is 13.7. The molecule has 0 radical (unpaired) electrons. The Hall–Kier alpha value is -4.81. The third kappa shape index (κ3) is 6.24. The van der Waals surface area contributed by atoms with Crippen LogP contribution in [0.25, 0.3) is 5.76 Å². The van der Waals surface area contributed by atoms with Gasteiger partial charge in [-0.2, -0.15) is 0 Å². The van der Waals surface area contributed by atoms with Crippen molar-refractivity contribution >= 4 is 45.7 Å². The van der Waals surface area contributed by atoms with Crippen LogP contribution in [0.4, 0.5) is 5.13 Å². The zero-order valence-corrected chi connectivity index (χ0v) is 25.9. The highest BCUT2D eigenvalue weighted by Gasteiger charge is 2.48. The molecule has 0 spiro atoms. The van der Waals surface area contributed by atoms with Crippen LogP contribution in [-0.4, -0.2) is 53.4 Å². The van der Waals surface area contributed by atoms with Gasteiger partial charge in [0.2, 0.25) is 5.13 Å². The van der Waals surface area contributed by atoms with Crippen LogP contribution in [0.15, 0.2) is 89.3 Å². The average molecular weight is 644 g/mol. The highest BCUT2D eigenvalue weighted by atomic mass is 32.2. The van der Waals surface area contributed by atoms with Gasteiger partial charge in [-0.05, 0) is 48.4 Å². The number of carbonyl (C=O) groups excluding carboxylic acids is 2. The molecule has 230 valence electrons. The predicted molar refractivity (Wildman–Crippen MR) is 171 cm³/mol. The molecule has 12 heteroatoms. The van der Waals surface area contributed by atoms with Gasteiger partial charge in [0.25, 0.3) is 5.78 Å². The number of fused-ring (bicyclic) bond motifs is 1. The summed E-state index contributed by atoms with van der Waals surface area (Å²) in [4.78, 5) is 28.7. The molecule has 3 aromatic carbocycles. The van der Waals surface area contributed by atoms with Crippen molar-refractivity contribution in [1.29, 1.82) is 0 Å². The maximum Gasteiger partial charge on any atom is 0.301 e. The van der Waals surface area contributed by atoms with E-state index < -0.39 is 17.7 Å². The number of nitrogens with zero attached hydrogens (tertiary/aromatic N) is 3. The molecule has 1 saturated heterocycles. The van der Waals surface area contributed by atoms with E-state index in [0.29, 0.717) is 64.0 Å². The van der Waals surface area contributed by atoms with Crippen LogP contribution in [0, 0.1) is 0 Å². The number of aliphatic hydroxyl groups excluding tert-OH is 1. The van der Waals surface area contributed by atoms with Crippen LogP contribution in [0.3, 0.4) is 0 Å². The lowest BCUT2D eigenvalue weighted by molar-refractivity contribution is -0.132. The minimum Gasteiger partial charge on any atom is -0.507 e. The minimum atomic E-state index is -1.04. The predicted octanol–water partition coefficient (Wildman–Crippen LogP) is 6.19. The third-order valence-corrected chi connectivity index (χ3v) is 9.13. The van der Waals surface area contributed by atoms with E-state index in [-0.39, 0.29) is 23.1 Å². The van der Waals surface area contributed by atoms with Crippen molar-refractivity contribution in [2.24, 2.45) is 0 Å². The van der Waals surface area contributed by atoms with E-state index in [0.717, 1.165) is 5.56 Å². The Labute approximate surface area is 267 Å². The van der Waals surface area contributed by atoms with Crippen molar-refractivity contribution in [3.8, 4) is 23.0 Å². The summed E-state index contributed by atoms with van der Waals surface area (Å²) >= 11 is 2.67. The number of hydrogen-bond donors (Lipinski definition) is 1. The molecule has 3 heterocycles. The van der Waals surface area contributed by atoms with Gasteiger partial charge in [-0.15, -0.1) is 10.2 Å². The number of rotatable bonds is 11. The molecule has 1 unspecified atom stereocenters. The number of anilines is 1. The van der Waals surface area contributed by atoms with E-state index in [1.807, 2.05) is 37.3 Å². The third-order valence-electron chi connectivity index (χ3n) is 7.01. The molecule has 1 atom stereocenters. The summed E-state index contributed by atoms with van der Waals surface area (Å²) in [5.41, 5.74) is 1.82. The first kappa shape index (κ1) is 30.2. The van der Waals surface area contributed by atoms with E-state index in [2.05, 4.69) is 16.8 Å². The molecule has 0 aliphatic carbocycles. The maximum absolute atomic E-state index is 13.7. The van der Waals surface area contributed by atoms with Crippen LogP contribution in [-0.2, 0) is 15.3 Å². The molecule has 45 heavy (non-hydrogen) atoms. The Bertz CT molecular complexity index is 1770. The van der Waals surface area contributed by atoms with Gasteiger partial charge in [0.15, 0.2) is 27.3 Å². The van der Waals surface area contributed by atoms with Crippen LogP contribution in [0.5, 0.6) is 23.0 Å². The van der Waals surface area contributed by atoms with E-state index >= 15 is 0 Å². The van der Waals surface area contributed by atoms with Crippen molar-refractivity contribution in [3.05, 3.63) is 102 Å². The number of Topliss-reactive ketones (excluding diaryl/α,β-unsaturated/α-hetero) is 1. The zero-order valence-electron chi connectivity index (χ0n) is 24.3. The molecule has 4 aromatic rings. The van der Waals surface area contributed by atoms with E-state index in [1.54, 1.807) is 42.5 Å². The lowest BCUT2D eigenvalue weighted by atomic mass is 9.95. The number of ketones is 1. The quantitative estimate of drug-likeness (QED) is 0.0506. The largest absolute Gasteiger partial charge is 0.507 e. The summed E-state index contributed by atoms with van der Waals surface area (Å²) in [6.45, 7) is 6.91. The van der Waals surface area contributed by atoms with E-state index in [4.69, 9.17) is 18.9 Å². The summed E-state index contributed by atoms with van der Waals surface area (Å²) in [6, 6.07) is 18.9. The molecule has 2 aliphatic heterocycles. The second-order valence-electron chi connectivity index (χ2n) is 9.89. The molecule has 0 bridgehead atoms. The van der Waals surface area contributed by atoms with Gasteiger partial charge in [-0.1, -0.05) is 72.2 Å². The van der Waals surface area contributed by atoms with Gasteiger partial charge >= 0.3 is 5.91 Å². The zero-order chi connectivity index (χ0) is 31.3. The minimum absolute atomic E-state index is 0.104. The standard InChI is InChI=1S/C33H29N3O7S2/c1-3-14-41-23-12-10-21(17-25(23)40-4-2)28-27(29(37)22-11-13-24-26(18-22)43-16-15-42-24)30(38)31(39)36(28)32-34-35-33(45-32)44-19-20-8-6-5-7-9-20/h3,5-13,17-18,28,37H,1,4,14-16,19H2,2H3. The van der Waals surface area contributed by atoms with E-state index in [1.165, 1.54) is 28.0 Å². The Morgan fingerprint density at radius 2 is 1.84 bits per heavy atom. The summed E-state index contributed by atoms with van der Waals surface area (Å²) in [5, 5.41) is 20.5. The molecule has 0 saturated carbocycles. The fraction of sp³-hybridized carbons (Fsp3) is 0.212. The van der Waals surface area contributed by atoms with Gasteiger partial charge in [-0.25, -0.2) is 0 Å². The number of aliphatic hydroxyl groups is 1. The van der Waals surface area contributed by atoms with Gasteiger partial charge in [0.1, 0.15) is 25.6 Å². The summed E-state index contributed by atoms with van der Waals surface area (Å²) in [6.07, 6.45) is 1.62. The lowest BCUT2D eigenvalue weighted by Gasteiger charge is -2.24. The average Bonchev–Trinajstić information content (AvgIpc) is 3.64. The SMILES string of the molecule is C=CCOc1ccc(C2C(=C(O)c3ccc4c(c3)OCCO4)C(=O)C(=O)N2c2nnc(SCc3ccccc3)s2)cc1OCC. The van der Waals surface area contributed by atoms with Gasteiger partial charge in [0, 0.05) is 11.3 Å². The lowest BCUT2D eigenvalue weighted by Crippen LogP contribution is -2.29. The number of thioether (sulfide) groups is 1. The first-order valence-electron chi connectivity index (χ1n) is 14.2. The highest BCUT2D eigenvalue weighted by molar-refractivity contribution is 8.00. The van der Waals surface area contributed by atoms with Crippen LogP contribution in [0.2, 0.25) is 0 Å². The number of aromatic nitrogens is 2. The fourth-order valence-corrected chi connectivity index (χ4v) is 6.82. The van der Waals surface area contributed by atoms with Crippen LogP contribution < -0.4 is 23.8 Å². The Morgan fingerprint density at radius 1 is 1.04 bits per heavy atom. The van der Waals surface area contributed by atoms with E-state index in [9.17, 15) is 14.7 Å². The van der Waals surface area contributed by atoms with Gasteiger partial charge < -0.3 is 24.1 Å². The molecule has 2 aliphatic rings. The van der Waals surface area contributed by atoms with Crippen molar-refractivity contribution in [3.63, 3.8) is 0 Å².